The average molecular weight is 442 g/mol. The maximum Gasteiger partial charge on any atom is 0.265 e. The molecular formula is C17H16BrNO4S2. The van der Waals surface area contributed by atoms with Crippen LogP contribution in [0.25, 0.3) is 11.7 Å². The van der Waals surface area contributed by atoms with Crippen LogP contribution in [0.3, 0.4) is 0 Å². The largest absolute Gasteiger partial charge is 0.459 e. The summed E-state index contributed by atoms with van der Waals surface area (Å²) in [6.07, 6.45) is 2.36. The van der Waals surface area contributed by atoms with Gasteiger partial charge >= 0.3 is 0 Å². The van der Waals surface area contributed by atoms with Gasteiger partial charge in [0, 0.05) is 9.72 Å². The first-order valence-electron chi connectivity index (χ1n) is 7.64. The zero-order valence-corrected chi connectivity index (χ0v) is 16.8. The van der Waals surface area contributed by atoms with E-state index in [1.165, 1.54) is 18.0 Å². The third-order valence-electron chi connectivity index (χ3n) is 3.56. The molecule has 0 aliphatic heterocycles. The van der Waals surface area contributed by atoms with Crippen LogP contribution in [-0.2, 0) is 9.84 Å². The van der Waals surface area contributed by atoms with Crippen molar-refractivity contribution in [3.8, 4) is 11.7 Å². The molecule has 3 aromatic rings. The summed E-state index contributed by atoms with van der Waals surface area (Å²) in [5.74, 6) is 0.551. The minimum atomic E-state index is -3.80. The van der Waals surface area contributed by atoms with Crippen LogP contribution in [0.2, 0.25) is 0 Å². The molecule has 0 amide bonds. The minimum absolute atomic E-state index is 0.0773. The van der Waals surface area contributed by atoms with Crippen molar-refractivity contribution in [2.24, 2.45) is 0 Å². The molecule has 0 unspecified atom stereocenters. The lowest BCUT2D eigenvalue weighted by Crippen LogP contribution is -2.04. The molecule has 0 saturated heterocycles. The van der Waals surface area contributed by atoms with E-state index >= 15 is 0 Å². The second-order valence-electron chi connectivity index (χ2n) is 5.38. The SMILES string of the molecule is CC[C@@H](C)Sc1oc(-c2ccco2)nc1S(=O)(=O)c1ccc(Br)cc1. The number of oxazole rings is 1. The van der Waals surface area contributed by atoms with Crippen molar-refractivity contribution in [1.82, 2.24) is 4.98 Å². The van der Waals surface area contributed by atoms with Crippen molar-refractivity contribution in [3.05, 3.63) is 47.1 Å². The fourth-order valence-corrected chi connectivity index (χ4v) is 4.76. The highest BCUT2D eigenvalue weighted by atomic mass is 79.9. The predicted octanol–water partition coefficient (Wildman–Crippen LogP) is 5.42. The van der Waals surface area contributed by atoms with Crippen LogP contribution in [-0.4, -0.2) is 18.7 Å². The molecule has 5 nitrogen and oxygen atoms in total. The molecular weight excluding hydrogens is 426 g/mol. The summed E-state index contributed by atoms with van der Waals surface area (Å²) in [4.78, 5) is 4.40. The van der Waals surface area contributed by atoms with Gasteiger partial charge in [-0.1, -0.05) is 41.5 Å². The maximum atomic E-state index is 13.0. The smallest absolute Gasteiger partial charge is 0.265 e. The van der Waals surface area contributed by atoms with E-state index in [9.17, 15) is 8.42 Å². The van der Waals surface area contributed by atoms with Gasteiger partial charge in [-0.2, -0.15) is 4.98 Å². The van der Waals surface area contributed by atoms with E-state index in [2.05, 4.69) is 20.9 Å². The zero-order chi connectivity index (χ0) is 18.0. The first kappa shape index (κ1) is 18.3. The maximum absolute atomic E-state index is 13.0. The summed E-state index contributed by atoms with van der Waals surface area (Å²) in [6, 6.07) is 9.82. The first-order chi connectivity index (χ1) is 11.9. The van der Waals surface area contributed by atoms with E-state index in [0.29, 0.717) is 5.76 Å². The number of sulfone groups is 1. The molecule has 3 rings (SSSR count). The lowest BCUT2D eigenvalue weighted by molar-refractivity contribution is 0.450. The van der Waals surface area contributed by atoms with Gasteiger partial charge in [0.05, 0.1) is 11.2 Å². The van der Waals surface area contributed by atoms with Crippen molar-refractivity contribution in [3.63, 3.8) is 0 Å². The van der Waals surface area contributed by atoms with Crippen LogP contribution in [0, 0.1) is 0 Å². The van der Waals surface area contributed by atoms with Crippen LogP contribution in [0.5, 0.6) is 0 Å². The third-order valence-corrected chi connectivity index (χ3v) is 7.12. The minimum Gasteiger partial charge on any atom is -0.459 e. The molecule has 0 bridgehead atoms. The Kier molecular flexibility index (Phi) is 5.41. The molecule has 132 valence electrons. The topological polar surface area (TPSA) is 73.3 Å². The number of halogens is 1. The van der Waals surface area contributed by atoms with Crippen LogP contribution >= 0.6 is 27.7 Å². The van der Waals surface area contributed by atoms with Crippen LogP contribution < -0.4 is 0 Å². The van der Waals surface area contributed by atoms with Crippen LogP contribution in [0.4, 0.5) is 0 Å². The average Bonchev–Trinajstić information content (AvgIpc) is 3.24. The molecule has 0 N–H and O–H groups in total. The molecule has 2 heterocycles. The molecule has 8 heteroatoms. The van der Waals surface area contributed by atoms with Gasteiger partial charge in [-0.25, -0.2) is 8.42 Å². The van der Waals surface area contributed by atoms with Crippen molar-refractivity contribution in [1.29, 1.82) is 0 Å². The lowest BCUT2D eigenvalue weighted by atomic mass is 10.4. The van der Waals surface area contributed by atoms with Crippen molar-refractivity contribution in [2.45, 2.75) is 40.5 Å². The molecule has 1 atom stereocenters. The Bertz CT molecular complexity index is 947. The summed E-state index contributed by atoms with van der Waals surface area (Å²) in [6.45, 7) is 4.04. The molecule has 0 spiro atoms. The van der Waals surface area contributed by atoms with E-state index in [1.54, 1.807) is 36.4 Å². The second kappa shape index (κ2) is 7.39. The summed E-state index contributed by atoms with van der Waals surface area (Å²) in [7, 11) is -3.80. The van der Waals surface area contributed by atoms with Crippen LogP contribution in [0.1, 0.15) is 20.3 Å². The number of hydrogen-bond donors (Lipinski definition) is 0. The quantitative estimate of drug-likeness (QED) is 0.475. The van der Waals surface area contributed by atoms with Gasteiger partial charge < -0.3 is 8.83 Å². The predicted molar refractivity (Wildman–Crippen MR) is 99.4 cm³/mol. The summed E-state index contributed by atoms with van der Waals surface area (Å²) in [5, 5.41) is 0.395. The number of rotatable bonds is 6. The molecule has 2 aromatic heterocycles. The highest BCUT2D eigenvalue weighted by Crippen LogP contribution is 2.37. The van der Waals surface area contributed by atoms with Gasteiger partial charge in [0.1, 0.15) is 0 Å². The van der Waals surface area contributed by atoms with Crippen molar-refractivity contribution in [2.75, 3.05) is 0 Å². The number of benzene rings is 1. The summed E-state index contributed by atoms with van der Waals surface area (Å²) < 4.78 is 37.9. The zero-order valence-electron chi connectivity index (χ0n) is 13.6. The van der Waals surface area contributed by atoms with Gasteiger partial charge in [0.15, 0.2) is 5.76 Å². The molecule has 0 fully saturated rings. The van der Waals surface area contributed by atoms with E-state index in [0.717, 1.165) is 10.9 Å². The fraction of sp³-hybridized carbons (Fsp3) is 0.235. The Labute approximate surface area is 158 Å². The van der Waals surface area contributed by atoms with E-state index in [4.69, 9.17) is 8.83 Å². The van der Waals surface area contributed by atoms with Gasteiger partial charge in [-0.05, 0) is 42.8 Å². The molecule has 1 aromatic carbocycles. The highest BCUT2D eigenvalue weighted by Gasteiger charge is 2.30. The molecule has 0 saturated carbocycles. The Morgan fingerprint density at radius 1 is 1.24 bits per heavy atom. The van der Waals surface area contributed by atoms with E-state index in [-0.39, 0.29) is 26.2 Å². The molecule has 0 aliphatic carbocycles. The summed E-state index contributed by atoms with van der Waals surface area (Å²) in [5.41, 5.74) is 0. The van der Waals surface area contributed by atoms with Gasteiger partial charge in [-0.15, -0.1) is 0 Å². The van der Waals surface area contributed by atoms with Crippen molar-refractivity contribution < 1.29 is 17.3 Å². The lowest BCUT2D eigenvalue weighted by Gasteiger charge is -2.07. The van der Waals surface area contributed by atoms with Gasteiger partial charge in [-0.3, -0.25) is 0 Å². The standard InChI is InChI=1S/C17H16BrNO4S2/c1-3-11(2)24-17-16(19-15(23-17)14-5-4-10-22-14)25(20,21)13-8-6-12(18)7-9-13/h4-11H,3H2,1-2H3/t11-/m1/s1. The Balaban J connectivity index is 2.10. The molecule has 25 heavy (non-hydrogen) atoms. The fourth-order valence-electron chi connectivity index (χ4n) is 2.03. The number of nitrogens with zero attached hydrogens (tertiary/aromatic N) is 1. The third kappa shape index (κ3) is 3.86. The Hall–Kier alpha value is -1.51. The second-order valence-corrected chi connectivity index (χ2v) is 9.57. The summed E-state index contributed by atoms with van der Waals surface area (Å²) >= 11 is 4.66. The first-order valence-corrected chi connectivity index (χ1v) is 10.8. The number of thioether (sulfide) groups is 1. The number of furan rings is 1. The van der Waals surface area contributed by atoms with Crippen molar-refractivity contribution >= 4 is 37.5 Å². The number of aromatic nitrogens is 1. The highest BCUT2D eigenvalue weighted by molar-refractivity contribution is 9.10. The molecule has 0 radical (unpaired) electrons. The number of hydrogen-bond acceptors (Lipinski definition) is 6. The van der Waals surface area contributed by atoms with Gasteiger partial charge in [0.2, 0.25) is 20.0 Å². The Morgan fingerprint density at radius 3 is 2.56 bits per heavy atom. The normalized spacial score (nSPS) is 13.1. The van der Waals surface area contributed by atoms with E-state index in [1.807, 2.05) is 13.8 Å². The van der Waals surface area contributed by atoms with E-state index < -0.39 is 9.84 Å². The molecule has 0 aliphatic rings. The van der Waals surface area contributed by atoms with Gasteiger partial charge in [0.25, 0.3) is 5.89 Å². The monoisotopic (exact) mass is 441 g/mol. The Morgan fingerprint density at radius 2 is 1.96 bits per heavy atom. The van der Waals surface area contributed by atoms with Crippen LogP contribution in [0.15, 0.2) is 71.0 Å².